The summed E-state index contributed by atoms with van der Waals surface area (Å²) in [5, 5.41) is 1.08. The number of anilines is 1. The van der Waals surface area contributed by atoms with Gasteiger partial charge in [-0.15, -0.1) is 0 Å². The van der Waals surface area contributed by atoms with Gasteiger partial charge in [0.2, 0.25) is 0 Å². The highest BCUT2D eigenvalue weighted by molar-refractivity contribution is 9.09. The van der Waals surface area contributed by atoms with Crippen molar-refractivity contribution in [2.75, 3.05) is 16.8 Å². The molecule has 16 heavy (non-hydrogen) atoms. The quantitative estimate of drug-likeness (QED) is 0.789. The van der Waals surface area contributed by atoms with E-state index in [0.717, 1.165) is 17.7 Å². The van der Waals surface area contributed by atoms with Crippen LogP contribution in [0.2, 0.25) is 0 Å². The molecule has 88 valence electrons. The Bertz CT molecular complexity index is 321. The van der Waals surface area contributed by atoms with Crippen molar-refractivity contribution >= 4 is 21.7 Å². The molecular formula is C13H19BrN2. The molecule has 0 N–H and O–H groups in total. The van der Waals surface area contributed by atoms with Crippen LogP contribution >= 0.6 is 15.9 Å². The van der Waals surface area contributed by atoms with Crippen LogP contribution in [-0.4, -0.2) is 22.9 Å². The van der Waals surface area contributed by atoms with Gasteiger partial charge in [0, 0.05) is 24.1 Å². The Labute approximate surface area is 106 Å². The second-order valence-corrected chi connectivity index (χ2v) is 5.31. The molecule has 0 radical (unpaired) electrons. The third-order valence-electron chi connectivity index (χ3n) is 3.26. The first-order valence-corrected chi connectivity index (χ1v) is 7.18. The van der Waals surface area contributed by atoms with Crippen LogP contribution in [0, 0.1) is 6.92 Å². The van der Waals surface area contributed by atoms with Crippen LogP contribution in [0.25, 0.3) is 0 Å². The van der Waals surface area contributed by atoms with Gasteiger partial charge in [0.15, 0.2) is 0 Å². The van der Waals surface area contributed by atoms with E-state index in [2.05, 4.69) is 44.9 Å². The van der Waals surface area contributed by atoms with Gasteiger partial charge in [0.1, 0.15) is 5.82 Å². The molecule has 0 amide bonds. The fourth-order valence-electron chi connectivity index (χ4n) is 2.36. The summed E-state index contributed by atoms with van der Waals surface area (Å²) in [5.74, 6) is 1.15. The van der Waals surface area contributed by atoms with Gasteiger partial charge in [-0.25, -0.2) is 4.98 Å². The van der Waals surface area contributed by atoms with Crippen LogP contribution in [0.4, 0.5) is 5.82 Å². The van der Waals surface area contributed by atoms with Gasteiger partial charge in [-0.1, -0.05) is 22.0 Å². The maximum absolute atomic E-state index is 4.55. The smallest absolute Gasteiger partial charge is 0.128 e. The summed E-state index contributed by atoms with van der Waals surface area (Å²) < 4.78 is 0. The minimum Gasteiger partial charge on any atom is -0.354 e. The highest BCUT2D eigenvalue weighted by Crippen LogP contribution is 2.25. The van der Waals surface area contributed by atoms with Crippen molar-refractivity contribution < 1.29 is 0 Å². The van der Waals surface area contributed by atoms with Gasteiger partial charge in [-0.3, -0.25) is 0 Å². The second-order valence-electron chi connectivity index (χ2n) is 4.51. The first-order valence-electron chi connectivity index (χ1n) is 6.06. The Morgan fingerprint density at radius 3 is 3.00 bits per heavy atom. The van der Waals surface area contributed by atoms with Crippen molar-refractivity contribution in [1.29, 1.82) is 0 Å². The van der Waals surface area contributed by atoms with Crippen molar-refractivity contribution in [3.63, 3.8) is 0 Å². The van der Waals surface area contributed by atoms with Gasteiger partial charge in [-0.2, -0.15) is 0 Å². The van der Waals surface area contributed by atoms with E-state index in [9.17, 15) is 0 Å². The van der Waals surface area contributed by atoms with E-state index in [1.165, 1.54) is 31.2 Å². The molecule has 3 heteroatoms. The summed E-state index contributed by atoms with van der Waals surface area (Å²) in [7, 11) is 0. The average Bonchev–Trinajstić information content (AvgIpc) is 2.32. The lowest BCUT2D eigenvalue weighted by Crippen LogP contribution is -2.40. The van der Waals surface area contributed by atoms with Gasteiger partial charge in [-0.05, 0) is 44.2 Å². The first kappa shape index (κ1) is 11.9. The third-order valence-corrected chi connectivity index (χ3v) is 3.72. The van der Waals surface area contributed by atoms with Crippen LogP contribution in [0.3, 0.4) is 0 Å². The molecule has 0 bridgehead atoms. The topological polar surface area (TPSA) is 16.1 Å². The Kier molecular flexibility index (Phi) is 4.22. The number of pyridine rings is 1. The predicted octanol–water partition coefficient (Wildman–Crippen LogP) is 3.53. The fourth-order valence-corrected chi connectivity index (χ4v) is 2.89. The lowest BCUT2D eigenvalue weighted by Gasteiger charge is -2.36. The van der Waals surface area contributed by atoms with Crippen LogP contribution in [0.15, 0.2) is 18.3 Å². The molecule has 0 spiro atoms. The zero-order valence-electron chi connectivity index (χ0n) is 9.82. The van der Waals surface area contributed by atoms with Crippen LogP contribution in [-0.2, 0) is 0 Å². The normalized spacial score (nSPS) is 21.1. The van der Waals surface area contributed by atoms with Crippen molar-refractivity contribution in [2.24, 2.45) is 0 Å². The molecule has 1 fully saturated rings. The number of aryl methyl sites for hydroxylation is 1. The number of rotatable bonds is 3. The van der Waals surface area contributed by atoms with E-state index in [-0.39, 0.29) is 0 Å². The standard InChI is InChI=1S/C13H19BrN2/c1-11-5-6-13(15-10-11)16-9-3-2-4-12(16)7-8-14/h5-6,10,12H,2-4,7-9H2,1H3. The van der Waals surface area contributed by atoms with Gasteiger partial charge in [0.25, 0.3) is 0 Å². The maximum atomic E-state index is 4.55. The Morgan fingerprint density at radius 1 is 1.44 bits per heavy atom. The maximum Gasteiger partial charge on any atom is 0.128 e. The molecule has 1 saturated heterocycles. The molecule has 1 aromatic rings. The first-order chi connectivity index (χ1) is 7.81. The monoisotopic (exact) mass is 282 g/mol. The summed E-state index contributed by atoms with van der Waals surface area (Å²) in [6.07, 6.45) is 7.15. The molecular weight excluding hydrogens is 264 g/mol. The summed E-state index contributed by atoms with van der Waals surface area (Å²) >= 11 is 3.55. The largest absolute Gasteiger partial charge is 0.354 e. The molecule has 2 heterocycles. The molecule has 0 saturated carbocycles. The van der Waals surface area contributed by atoms with Gasteiger partial charge in [0.05, 0.1) is 0 Å². The lowest BCUT2D eigenvalue weighted by atomic mass is 10.00. The van der Waals surface area contributed by atoms with Gasteiger partial charge >= 0.3 is 0 Å². The summed E-state index contributed by atoms with van der Waals surface area (Å²) in [6, 6.07) is 4.98. The van der Waals surface area contributed by atoms with Crippen molar-refractivity contribution in [3.05, 3.63) is 23.9 Å². The second kappa shape index (κ2) is 5.67. The molecule has 1 aliphatic rings. The average molecular weight is 283 g/mol. The number of halogens is 1. The highest BCUT2D eigenvalue weighted by atomic mass is 79.9. The molecule has 0 aliphatic carbocycles. The van der Waals surface area contributed by atoms with Crippen LogP contribution < -0.4 is 4.90 Å². The van der Waals surface area contributed by atoms with E-state index < -0.39 is 0 Å². The van der Waals surface area contributed by atoms with E-state index in [0.29, 0.717) is 6.04 Å². The number of aromatic nitrogens is 1. The zero-order chi connectivity index (χ0) is 11.4. The van der Waals surface area contributed by atoms with Crippen LogP contribution in [0.5, 0.6) is 0 Å². The lowest BCUT2D eigenvalue weighted by molar-refractivity contribution is 0.449. The van der Waals surface area contributed by atoms with Crippen molar-refractivity contribution in [2.45, 2.75) is 38.6 Å². The molecule has 2 rings (SSSR count). The fraction of sp³-hybridized carbons (Fsp3) is 0.615. The number of hydrogen-bond donors (Lipinski definition) is 0. The Balaban J connectivity index is 2.13. The molecule has 1 aliphatic heterocycles. The van der Waals surface area contributed by atoms with Gasteiger partial charge < -0.3 is 4.90 Å². The van der Waals surface area contributed by atoms with E-state index >= 15 is 0 Å². The minimum atomic E-state index is 0.670. The zero-order valence-corrected chi connectivity index (χ0v) is 11.4. The molecule has 2 nitrogen and oxygen atoms in total. The molecule has 1 aromatic heterocycles. The van der Waals surface area contributed by atoms with E-state index in [1.54, 1.807) is 0 Å². The molecule has 1 atom stereocenters. The third kappa shape index (κ3) is 2.76. The molecule has 1 unspecified atom stereocenters. The SMILES string of the molecule is Cc1ccc(N2CCCCC2CCBr)nc1. The number of alkyl halides is 1. The molecule has 0 aromatic carbocycles. The number of piperidine rings is 1. The Hall–Kier alpha value is -0.570. The van der Waals surface area contributed by atoms with E-state index in [1.807, 2.05) is 6.20 Å². The van der Waals surface area contributed by atoms with Crippen molar-refractivity contribution in [1.82, 2.24) is 4.98 Å². The number of nitrogens with zero attached hydrogens (tertiary/aromatic N) is 2. The Morgan fingerprint density at radius 2 is 2.31 bits per heavy atom. The summed E-state index contributed by atoms with van der Waals surface area (Å²) in [5.41, 5.74) is 1.23. The highest BCUT2D eigenvalue weighted by Gasteiger charge is 2.22. The van der Waals surface area contributed by atoms with Crippen molar-refractivity contribution in [3.8, 4) is 0 Å². The number of hydrogen-bond acceptors (Lipinski definition) is 2. The minimum absolute atomic E-state index is 0.670. The summed E-state index contributed by atoms with van der Waals surface area (Å²) in [4.78, 5) is 7.02. The van der Waals surface area contributed by atoms with E-state index in [4.69, 9.17) is 0 Å². The summed E-state index contributed by atoms with van der Waals surface area (Å²) in [6.45, 7) is 3.25. The predicted molar refractivity (Wildman–Crippen MR) is 72.4 cm³/mol. The van der Waals surface area contributed by atoms with Crippen LogP contribution in [0.1, 0.15) is 31.2 Å².